The van der Waals surface area contributed by atoms with Crippen LogP contribution < -0.4 is 5.73 Å². The van der Waals surface area contributed by atoms with Crippen LogP contribution in [0.25, 0.3) is 0 Å². The van der Waals surface area contributed by atoms with Gasteiger partial charge < -0.3 is 15.0 Å². The molecule has 0 unspecified atom stereocenters. The number of rotatable bonds is 3. The summed E-state index contributed by atoms with van der Waals surface area (Å²) in [5.41, 5.74) is 5.64. The minimum absolute atomic E-state index is 0.144. The Labute approximate surface area is 76.5 Å². The first-order valence-corrected chi connectivity index (χ1v) is 3.97. The Morgan fingerprint density at radius 1 is 1.69 bits per heavy atom. The number of methoxy groups -OCH3 is 1. The molecule has 0 saturated heterocycles. The van der Waals surface area contributed by atoms with Gasteiger partial charge in [-0.2, -0.15) is 0 Å². The van der Waals surface area contributed by atoms with E-state index >= 15 is 0 Å². The quantitative estimate of drug-likeness (QED) is 0.667. The predicted molar refractivity (Wildman–Crippen MR) is 46.9 cm³/mol. The molecule has 0 aliphatic carbocycles. The van der Waals surface area contributed by atoms with Crippen molar-refractivity contribution in [2.24, 2.45) is 5.73 Å². The molecular formula is C8H13N3O2. The minimum atomic E-state index is -0.654. The lowest BCUT2D eigenvalue weighted by Gasteiger charge is -2.18. The van der Waals surface area contributed by atoms with E-state index in [-0.39, 0.29) is 6.04 Å². The second kappa shape index (κ2) is 4.04. The summed E-state index contributed by atoms with van der Waals surface area (Å²) in [5, 5.41) is 0. The topological polar surface area (TPSA) is 70.1 Å². The molecule has 0 spiro atoms. The van der Waals surface area contributed by atoms with E-state index in [2.05, 4.69) is 9.72 Å². The van der Waals surface area contributed by atoms with E-state index in [1.54, 1.807) is 23.3 Å². The summed E-state index contributed by atoms with van der Waals surface area (Å²) in [6.45, 7) is 1.84. The summed E-state index contributed by atoms with van der Waals surface area (Å²) >= 11 is 0. The van der Waals surface area contributed by atoms with Gasteiger partial charge in [-0.3, -0.25) is 4.79 Å². The number of hydrogen-bond donors (Lipinski definition) is 1. The number of carbonyl (C=O) groups excluding carboxylic acids is 1. The van der Waals surface area contributed by atoms with Gasteiger partial charge >= 0.3 is 5.97 Å². The number of esters is 1. The van der Waals surface area contributed by atoms with Crippen molar-refractivity contribution in [1.29, 1.82) is 0 Å². The van der Waals surface area contributed by atoms with E-state index in [1.807, 2.05) is 6.92 Å². The zero-order valence-electron chi connectivity index (χ0n) is 7.68. The van der Waals surface area contributed by atoms with Crippen LogP contribution in [0.15, 0.2) is 18.7 Å². The first-order chi connectivity index (χ1) is 6.16. The van der Waals surface area contributed by atoms with Crippen LogP contribution in [0.2, 0.25) is 0 Å². The van der Waals surface area contributed by atoms with Crippen LogP contribution in [-0.2, 0) is 9.53 Å². The molecule has 0 aliphatic rings. The molecule has 0 amide bonds. The van der Waals surface area contributed by atoms with Crippen molar-refractivity contribution < 1.29 is 9.53 Å². The molecule has 1 aromatic rings. The molecule has 2 atom stereocenters. The summed E-state index contributed by atoms with van der Waals surface area (Å²) in [5.74, 6) is -0.416. The van der Waals surface area contributed by atoms with Crippen LogP contribution in [0, 0.1) is 0 Å². The second-order valence-corrected chi connectivity index (χ2v) is 2.80. The van der Waals surface area contributed by atoms with E-state index in [0.717, 1.165) is 0 Å². The second-order valence-electron chi connectivity index (χ2n) is 2.80. The van der Waals surface area contributed by atoms with Gasteiger partial charge in [-0.05, 0) is 6.92 Å². The summed E-state index contributed by atoms with van der Waals surface area (Å²) < 4.78 is 6.30. The van der Waals surface area contributed by atoms with Gasteiger partial charge in [0.1, 0.15) is 6.04 Å². The molecular weight excluding hydrogens is 170 g/mol. The summed E-state index contributed by atoms with van der Waals surface area (Å²) in [6.07, 6.45) is 5.02. The third-order valence-corrected chi connectivity index (χ3v) is 1.99. The van der Waals surface area contributed by atoms with Gasteiger partial charge in [-0.1, -0.05) is 0 Å². The van der Waals surface area contributed by atoms with Gasteiger partial charge in [0.05, 0.1) is 19.5 Å². The molecule has 5 heteroatoms. The van der Waals surface area contributed by atoms with Crippen molar-refractivity contribution >= 4 is 5.97 Å². The zero-order valence-corrected chi connectivity index (χ0v) is 7.68. The maximum atomic E-state index is 11.1. The number of hydrogen-bond acceptors (Lipinski definition) is 4. The maximum Gasteiger partial charge on any atom is 0.324 e. The van der Waals surface area contributed by atoms with E-state index in [0.29, 0.717) is 0 Å². The van der Waals surface area contributed by atoms with Crippen LogP contribution in [-0.4, -0.2) is 28.7 Å². The number of imidazole rings is 1. The van der Waals surface area contributed by atoms with Crippen molar-refractivity contribution in [3.05, 3.63) is 18.7 Å². The molecule has 0 aromatic carbocycles. The van der Waals surface area contributed by atoms with Gasteiger partial charge in [0, 0.05) is 12.4 Å². The molecule has 0 fully saturated rings. The fourth-order valence-corrected chi connectivity index (χ4v) is 1.03. The molecule has 0 aliphatic heterocycles. The smallest absolute Gasteiger partial charge is 0.324 e. The third kappa shape index (κ3) is 2.06. The molecule has 1 heterocycles. The van der Waals surface area contributed by atoms with Crippen molar-refractivity contribution in [3.63, 3.8) is 0 Å². The van der Waals surface area contributed by atoms with Gasteiger partial charge in [0.15, 0.2) is 0 Å². The average Bonchev–Trinajstić information content (AvgIpc) is 2.67. The number of nitrogens with zero attached hydrogens (tertiary/aromatic N) is 2. The lowest BCUT2D eigenvalue weighted by Crippen LogP contribution is -2.38. The zero-order chi connectivity index (χ0) is 9.84. The van der Waals surface area contributed by atoms with E-state index in [9.17, 15) is 4.79 Å². The number of ether oxygens (including phenoxy) is 1. The highest BCUT2D eigenvalue weighted by atomic mass is 16.5. The SMILES string of the molecule is COC(=O)[C@@H](N)[C@@H](C)n1ccnc1. The Morgan fingerprint density at radius 3 is 2.85 bits per heavy atom. The van der Waals surface area contributed by atoms with Crippen molar-refractivity contribution in [1.82, 2.24) is 9.55 Å². The van der Waals surface area contributed by atoms with E-state index in [4.69, 9.17) is 5.73 Å². The molecule has 0 radical (unpaired) electrons. The van der Waals surface area contributed by atoms with Gasteiger partial charge in [-0.15, -0.1) is 0 Å². The van der Waals surface area contributed by atoms with Crippen LogP contribution in [0.4, 0.5) is 0 Å². The van der Waals surface area contributed by atoms with Crippen LogP contribution in [0.1, 0.15) is 13.0 Å². The monoisotopic (exact) mass is 183 g/mol. The minimum Gasteiger partial charge on any atom is -0.468 e. The van der Waals surface area contributed by atoms with Crippen molar-refractivity contribution in [2.45, 2.75) is 19.0 Å². The van der Waals surface area contributed by atoms with Gasteiger partial charge in [0.25, 0.3) is 0 Å². The molecule has 1 aromatic heterocycles. The number of aromatic nitrogens is 2. The standard InChI is InChI=1S/C8H13N3O2/c1-6(7(9)8(12)13-2)11-4-3-10-5-11/h3-7H,9H2,1-2H3/t6-,7+/m1/s1. The van der Waals surface area contributed by atoms with Crippen molar-refractivity contribution in [3.8, 4) is 0 Å². The Morgan fingerprint density at radius 2 is 2.38 bits per heavy atom. The highest BCUT2D eigenvalue weighted by molar-refractivity contribution is 5.75. The third-order valence-electron chi connectivity index (χ3n) is 1.99. The Balaban J connectivity index is 2.68. The number of carbonyl (C=O) groups is 1. The summed E-state index contributed by atoms with van der Waals surface area (Å²) in [4.78, 5) is 14.9. The highest BCUT2D eigenvalue weighted by Crippen LogP contribution is 2.09. The van der Waals surface area contributed by atoms with Crippen LogP contribution in [0.5, 0.6) is 0 Å². The van der Waals surface area contributed by atoms with Crippen LogP contribution in [0.3, 0.4) is 0 Å². The first kappa shape index (κ1) is 9.73. The molecule has 1 rings (SSSR count). The molecule has 72 valence electrons. The molecule has 13 heavy (non-hydrogen) atoms. The summed E-state index contributed by atoms with van der Waals surface area (Å²) in [6, 6.07) is -0.797. The lowest BCUT2D eigenvalue weighted by atomic mass is 10.1. The lowest BCUT2D eigenvalue weighted by molar-refractivity contribution is -0.143. The molecule has 2 N–H and O–H groups in total. The average molecular weight is 183 g/mol. The Kier molecular flexibility index (Phi) is 3.02. The Hall–Kier alpha value is -1.36. The first-order valence-electron chi connectivity index (χ1n) is 3.97. The highest BCUT2D eigenvalue weighted by Gasteiger charge is 2.22. The molecule has 0 bridgehead atoms. The fraction of sp³-hybridized carbons (Fsp3) is 0.500. The normalized spacial score (nSPS) is 15.0. The molecule has 5 nitrogen and oxygen atoms in total. The Bertz CT molecular complexity index is 271. The van der Waals surface area contributed by atoms with Crippen LogP contribution >= 0.6 is 0 Å². The van der Waals surface area contributed by atoms with Crippen molar-refractivity contribution in [2.75, 3.05) is 7.11 Å². The predicted octanol–water partition coefficient (Wildman–Crippen LogP) is -0.0556. The fourth-order valence-electron chi connectivity index (χ4n) is 1.03. The number of nitrogens with two attached hydrogens (primary N) is 1. The van der Waals surface area contributed by atoms with Gasteiger partial charge in [-0.25, -0.2) is 4.98 Å². The van der Waals surface area contributed by atoms with E-state index in [1.165, 1.54) is 7.11 Å². The van der Waals surface area contributed by atoms with Gasteiger partial charge in [0.2, 0.25) is 0 Å². The largest absolute Gasteiger partial charge is 0.468 e. The molecule has 0 saturated carbocycles. The maximum absolute atomic E-state index is 11.1. The summed E-state index contributed by atoms with van der Waals surface area (Å²) in [7, 11) is 1.32. The van der Waals surface area contributed by atoms with E-state index < -0.39 is 12.0 Å².